The van der Waals surface area contributed by atoms with E-state index >= 15 is 0 Å². The van der Waals surface area contributed by atoms with Crippen LogP contribution >= 0.6 is 0 Å². The van der Waals surface area contributed by atoms with Gasteiger partial charge in [-0.05, 0) is 29.8 Å². The number of morpholine rings is 1. The van der Waals surface area contributed by atoms with Crippen LogP contribution in [0.3, 0.4) is 0 Å². The van der Waals surface area contributed by atoms with Crippen LogP contribution in [-0.4, -0.2) is 59.1 Å². The minimum atomic E-state index is -0.173. The molecule has 1 aromatic carbocycles. The number of nitrogens with one attached hydrogen (secondary N) is 1. The number of pyridine rings is 1. The van der Waals surface area contributed by atoms with Crippen molar-refractivity contribution < 1.29 is 14.3 Å². The van der Waals surface area contributed by atoms with Gasteiger partial charge in [-0.25, -0.2) is 9.78 Å². The zero-order valence-electron chi connectivity index (χ0n) is 16.4. The lowest BCUT2D eigenvalue weighted by atomic mass is 10.1. The molecule has 0 spiro atoms. The maximum atomic E-state index is 12.3. The van der Waals surface area contributed by atoms with Gasteiger partial charge in [0.2, 0.25) is 5.88 Å². The molecule has 2 aromatic heterocycles. The third-order valence-corrected chi connectivity index (χ3v) is 4.76. The number of benzene rings is 1. The molecule has 0 bridgehead atoms. The van der Waals surface area contributed by atoms with Gasteiger partial charge in [0, 0.05) is 13.1 Å². The number of aromatic nitrogens is 3. The van der Waals surface area contributed by atoms with Crippen molar-refractivity contribution in [3.05, 3.63) is 54.4 Å². The van der Waals surface area contributed by atoms with Crippen LogP contribution in [0, 0.1) is 11.3 Å². The fraction of sp³-hybridized carbons (Fsp3) is 0.238. The predicted molar refractivity (Wildman–Crippen MR) is 109 cm³/mol. The number of nitrogens with zero attached hydrogens (tertiary/aromatic N) is 5. The number of nitriles is 1. The van der Waals surface area contributed by atoms with E-state index in [1.165, 1.54) is 0 Å². The number of urea groups is 1. The molecule has 9 nitrogen and oxygen atoms in total. The Kier molecular flexibility index (Phi) is 5.59. The molecule has 0 aliphatic carbocycles. The van der Waals surface area contributed by atoms with Gasteiger partial charge in [-0.2, -0.15) is 15.0 Å². The quantitative estimate of drug-likeness (QED) is 0.717. The van der Waals surface area contributed by atoms with Crippen molar-refractivity contribution in [2.45, 2.75) is 0 Å². The molecular weight excluding hydrogens is 384 g/mol. The van der Waals surface area contributed by atoms with Crippen molar-refractivity contribution in [3.8, 4) is 28.9 Å². The first-order valence-corrected chi connectivity index (χ1v) is 9.42. The number of methoxy groups -OCH3 is 1. The second-order valence-electron chi connectivity index (χ2n) is 6.60. The van der Waals surface area contributed by atoms with Gasteiger partial charge in [-0.3, -0.25) is 0 Å². The van der Waals surface area contributed by atoms with Gasteiger partial charge < -0.3 is 19.7 Å². The smallest absolute Gasteiger partial charge is 0.322 e. The lowest BCUT2D eigenvalue weighted by Crippen LogP contribution is -2.43. The molecule has 2 amide bonds. The molecule has 1 N–H and O–H groups in total. The lowest BCUT2D eigenvalue weighted by Gasteiger charge is -2.26. The standard InChI is InChI=1S/C21H20N6O3/c1-29-20-18(16-4-2-15(12-22)3-5-16)14-24-27(20)19-7-6-17(13-23-19)25-21(28)26-8-10-30-11-9-26/h2-7,13-14H,8-11H2,1H3,(H,25,28). The van der Waals surface area contributed by atoms with E-state index in [1.54, 1.807) is 53.4 Å². The zero-order chi connectivity index (χ0) is 20.9. The molecule has 0 unspecified atom stereocenters. The molecule has 9 heteroatoms. The summed E-state index contributed by atoms with van der Waals surface area (Å²) in [7, 11) is 1.57. The van der Waals surface area contributed by atoms with Gasteiger partial charge in [0.15, 0.2) is 5.82 Å². The van der Waals surface area contributed by atoms with Gasteiger partial charge in [-0.15, -0.1) is 0 Å². The van der Waals surface area contributed by atoms with Gasteiger partial charge in [0.05, 0.1) is 55.6 Å². The van der Waals surface area contributed by atoms with Crippen molar-refractivity contribution in [2.24, 2.45) is 0 Å². The molecule has 30 heavy (non-hydrogen) atoms. The normalized spacial score (nSPS) is 13.5. The van der Waals surface area contributed by atoms with Gasteiger partial charge in [-0.1, -0.05) is 12.1 Å². The first-order chi connectivity index (χ1) is 14.7. The van der Waals surface area contributed by atoms with Crippen LogP contribution in [0.1, 0.15) is 5.56 Å². The highest BCUT2D eigenvalue weighted by molar-refractivity contribution is 5.89. The van der Waals surface area contributed by atoms with Crippen molar-refractivity contribution >= 4 is 11.7 Å². The Morgan fingerprint density at radius 2 is 1.93 bits per heavy atom. The van der Waals surface area contributed by atoms with E-state index in [0.717, 1.165) is 11.1 Å². The molecule has 0 atom stereocenters. The van der Waals surface area contributed by atoms with Gasteiger partial charge in [0.1, 0.15) is 0 Å². The third kappa shape index (κ3) is 3.94. The molecule has 3 heterocycles. The fourth-order valence-corrected chi connectivity index (χ4v) is 3.17. The Morgan fingerprint density at radius 3 is 2.57 bits per heavy atom. The maximum absolute atomic E-state index is 12.3. The van der Waals surface area contributed by atoms with Gasteiger partial charge in [0.25, 0.3) is 0 Å². The molecule has 0 radical (unpaired) electrons. The number of hydrogen-bond donors (Lipinski definition) is 1. The molecular formula is C21H20N6O3. The van der Waals surface area contributed by atoms with Crippen LogP contribution in [0.4, 0.5) is 10.5 Å². The van der Waals surface area contributed by atoms with Crippen LogP contribution in [0.5, 0.6) is 5.88 Å². The fourth-order valence-electron chi connectivity index (χ4n) is 3.17. The SMILES string of the molecule is COc1c(-c2ccc(C#N)cc2)cnn1-c1ccc(NC(=O)N2CCOCC2)cn1. The Hall–Kier alpha value is -3.90. The van der Waals surface area contributed by atoms with E-state index in [4.69, 9.17) is 14.7 Å². The molecule has 1 aliphatic rings. The van der Waals surface area contributed by atoms with Gasteiger partial charge >= 0.3 is 6.03 Å². The van der Waals surface area contributed by atoms with Crippen LogP contribution < -0.4 is 10.1 Å². The van der Waals surface area contributed by atoms with E-state index in [2.05, 4.69) is 21.5 Å². The summed E-state index contributed by atoms with van der Waals surface area (Å²) in [4.78, 5) is 18.4. The van der Waals surface area contributed by atoms with E-state index in [0.29, 0.717) is 49.3 Å². The van der Waals surface area contributed by atoms with Crippen LogP contribution in [0.2, 0.25) is 0 Å². The summed E-state index contributed by atoms with van der Waals surface area (Å²) in [5, 5.41) is 16.2. The molecule has 1 saturated heterocycles. The zero-order valence-corrected chi connectivity index (χ0v) is 16.4. The first-order valence-electron chi connectivity index (χ1n) is 9.42. The van der Waals surface area contributed by atoms with Crippen molar-refractivity contribution in [1.82, 2.24) is 19.7 Å². The Morgan fingerprint density at radius 1 is 1.17 bits per heavy atom. The van der Waals surface area contributed by atoms with Crippen LogP contribution in [0.25, 0.3) is 16.9 Å². The molecule has 3 aromatic rings. The topological polar surface area (TPSA) is 105 Å². The summed E-state index contributed by atoms with van der Waals surface area (Å²) < 4.78 is 12.4. The second-order valence-corrected chi connectivity index (χ2v) is 6.60. The Bertz CT molecular complexity index is 1060. The molecule has 1 fully saturated rings. The molecule has 0 saturated carbocycles. The van der Waals surface area contributed by atoms with E-state index < -0.39 is 0 Å². The summed E-state index contributed by atoms with van der Waals surface area (Å²) in [6.45, 7) is 2.23. The molecule has 152 valence electrons. The molecule has 4 rings (SSSR count). The minimum absolute atomic E-state index is 0.173. The third-order valence-electron chi connectivity index (χ3n) is 4.76. The minimum Gasteiger partial charge on any atom is -0.480 e. The predicted octanol–water partition coefficient (Wildman–Crippen LogP) is 2.68. The first kappa shape index (κ1) is 19.4. The highest BCUT2D eigenvalue weighted by Gasteiger charge is 2.18. The monoisotopic (exact) mass is 404 g/mol. The number of carbonyl (C=O) groups is 1. The Balaban J connectivity index is 1.53. The summed E-state index contributed by atoms with van der Waals surface area (Å²) >= 11 is 0. The summed E-state index contributed by atoms with van der Waals surface area (Å²) in [5.41, 5.74) is 2.84. The lowest BCUT2D eigenvalue weighted by molar-refractivity contribution is 0.0564. The van der Waals surface area contributed by atoms with E-state index in [9.17, 15) is 4.79 Å². The number of hydrogen-bond acceptors (Lipinski definition) is 6. The van der Waals surface area contributed by atoms with Crippen LogP contribution in [-0.2, 0) is 4.74 Å². The van der Waals surface area contributed by atoms with Crippen molar-refractivity contribution in [2.75, 3.05) is 38.7 Å². The number of anilines is 1. The summed E-state index contributed by atoms with van der Waals surface area (Å²) in [6, 6.07) is 12.6. The average Bonchev–Trinajstić information content (AvgIpc) is 3.24. The highest BCUT2D eigenvalue weighted by Crippen LogP contribution is 2.31. The summed E-state index contributed by atoms with van der Waals surface area (Å²) in [5.74, 6) is 1.08. The number of rotatable bonds is 4. The number of carbonyl (C=O) groups excluding carboxylic acids is 1. The van der Waals surface area contributed by atoms with E-state index in [-0.39, 0.29) is 6.03 Å². The number of amides is 2. The largest absolute Gasteiger partial charge is 0.480 e. The average molecular weight is 404 g/mol. The van der Waals surface area contributed by atoms with Crippen molar-refractivity contribution in [1.29, 1.82) is 5.26 Å². The number of ether oxygens (including phenoxy) is 2. The van der Waals surface area contributed by atoms with Crippen LogP contribution in [0.15, 0.2) is 48.8 Å². The highest BCUT2D eigenvalue weighted by atomic mass is 16.5. The maximum Gasteiger partial charge on any atom is 0.322 e. The Labute approximate surface area is 173 Å². The second kappa shape index (κ2) is 8.63. The van der Waals surface area contributed by atoms with E-state index in [1.807, 2.05) is 12.1 Å². The molecule has 1 aliphatic heterocycles. The summed E-state index contributed by atoms with van der Waals surface area (Å²) in [6.07, 6.45) is 3.27. The van der Waals surface area contributed by atoms with Crippen molar-refractivity contribution in [3.63, 3.8) is 0 Å².